The maximum absolute atomic E-state index is 12.7. The van der Waals surface area contributed by atoms with E-state index in [4.69, 9.17) is 0 Å². The highest BCUT2D eigenvalue weighted by Gasteiger charge is 2.33. The Morgan fingerprint density at radius 3 is 2.24 bits per heavy atom. The van der Waals surface area contributed by atoms with E-state index in [-0.39, 0.29) is 18.1 Å². The summed E-state index contributed by atoms with van der Waals surface area (Å²) in [5, 5.41) is 10.1. The number of carbonyl (C=O) groups is 1. The lowest BCUT2D eigenvalue weighted by Crippen LogP contribution is -2.53. The van der Waals surface area contributed by atoms with E-state index in [2.05, 4.69) is 4.90 Å². The first-order valence-electron chi connectivity index (χ1n) is 9.17. The third-order valence-corrected chi connectivity index (χ3v) is 5.53. The van der Waals surface area contributed by atoms with Gasteiger partial charge in [-0.05, 0) is 55.7 Å². The first-order chi connectivity index (χ1) is 12.2. The van der Waals surface area contributed by atoms with Gasteiger partial charge in [0.25, 0.3) is 5.91 Å². The summed E-state index contributed by atoms with van der Waals surface area (Å²) in [6.07, 6.45) is 6.90. The van der Waals surface area contributed by atoms with Crippen LogP contribution in [0.2, 0.25) is 0 Å². The van der Waals surface area contributed by atoms with Gasteiger partial charge in [0.2, 0.25) is 0 Å². The summed E-state index contributed by atoms with van der Waals surface area (Å²) in [5.74, 6) is 0.102. The van der Waals surface area contributed by atoms with Crippen LogP contribution in [0.1, 0.15) is 29.6 Å². The second-order valence-electron chi connectivity index (χ2n) is 7.03. The number of rotatable bonds is 3. The molecule has 2 fully saturated rings. The lowest BCUT2D eigenvalue weighted by Gasteiger charge is -2.39. The van der Waals surface area contributed by atoms with Crippen molar-refractivity contribution < 1.29 is 9.90 Å². The van der Waals surface area contributed by atoms with Crippen LogP contribution in [0.4, 0.5) is 0 Å². The second kappa shape index (κ2) is 7.02. The summed E-state index contributed by atoms with van der Waals surface area (Å²) >= 11 is 0. The number of benzene rings is 1. The van der Waals surface area contributed by atoms with Gasteiger partial charge >= 0.3 is 0 Å². The Morgan fingerprint density at radius 1 is 0.960 bits per heavy atom. The van der Waals surface area contributed by atoms with E-state index in [1.807, 2.05) is 58.3 Å². The van der Waals surface area contributed by atoms with Crippen LogP contribution in [0, 0.1) is 0 Å². The van der Waals surface area contributed by atoms with Crippen molar-refractivity contribution in [2.24, 2.45) is 0 Å². The summed E-state index contributed by atoms with van der Waals surface area (Å²) in [5.41, 5.74) is 1.80. The van der Waals surface area contributed by atoms with Crippen LogP contribution in [0.5, 0.6) is 0 Å². The van der Waals surface area contributed by atoms with Crippen LogP contribution in [0.3, 0.4) is 0 Å². The van der Waals surface area contributed by atoms with E-state index in [9.17, 15) is 9.90 Å². The molecule has 1 aliphatic carbocycles. The lowest BCUT2D eigenvalue weighted by atomic mass is 10.1. The van der Waals surface area contributed by atoms with E-state index in [1.165, 1.54) is 0 Å². The topological polar surface area (TPSA) is 48.7 Å². The Hall–Kier alpha value is -2.11. The Balaban J connectivity index is 1.37. The lowest BCUT2D eigenvalue weighted by molar-refractivity contribution is 0.0315. The summed E-state index contributed by atoms with van der Waals surface area (Å²) in [7, 11) is 0. The number of piperazine rings is 1. The van der Waals surface area contributed by atoms with Crippen molar-refractivity contribution in [2.45, 2.75) is 31.4 Å². The zero-order chi connectivity index (χ0) is 17.2. The molecule has 1 aromatic carbocycles. The zero-order valence-electron chi connectivity index (χ0n) is 14.4. The Morgan fingerprint density at radius 2 is 1.64 bits per heavy atom. The van der Waals surface area contributed by atoms with Gasteiger partial charge in [-0.25, -0.2) is 0 Å². The van der Waals surface area contributed by atoms with Crippen LogP contribution in [-0.4, -0.2) is 63.7 Å². The first-order valence-corrected chi connectivity index (χ1v) is 9.17. The molecule has 2 atom stereocenters. The van der Waals surface area contributed by atoms with Crippen LogP contribution < -0.4 is 0 Å². The van der Waals surface area contributed by atoms with Crippen molar-refractivity contribution in [3.05, 3.63) is 54.4 Å². The average molecular weight is 339 g/mol. The monoisotopic (exact) mass is 339 g/mol. The average Bonchev–Trinajstić information content (AvgIpc) is 3.33. The summed E-state index contributed by atoms with van der Waals surface area (Å²) < 4.78 is 2.03. The number of amides is 1. The number of hydrogen-bond acceptors (Lipinski definition) is 3. The molecule has 25 heavy (non-hydrogen) atoms. The molecule has 2 aromatic rings. The predicted octanol–water partition coefficient (Wildman–Crippen LogP) is 2.15. The number of aromatic nitrogens is 1. The highest BCUT2D eigenvalue weighted by molar-refractivity contribution is 5.94. The minimum Gasteiger partial charge on any atom is -0.391 e. The van der Waals surface area contributed by atoms with Crippen LogP contribution in [0.15, 0.2) is 48.8 Å². The molecule has 1 saturated carbocycles. The quantitative estimate of drug-likeness (QED) is 0.932. The highest BCUT2D eigenvalue weighted by Crippen LogP contribution is 2.25. The summed E-state index contributed by atoms with van der Waals surface area (Å²) in [4.78, 5) is 17.0. The summed E-state index contributed by atoms with van der Waals surface area (Å²) in [6.45, 7) is 3.19. The molecule has 0 spiro atoms. The smallest absolute Gasteiger partial charge is 0.253 e. The summed E-state index contributed by atoms with van der Waals surface area (Å²) in [6, 6.07) is 12.0. The molecule has 4 rings (SSSR count). The largest absolute Gasteiger partial charge is 0.391 e. The highest BCUT2D eigenvalue weighted by atomic mass is 16.3. The standard InChI is InChI=1S/C20H25N3O2/c24-19-5-3-4-18(19)22-12-14-23(15-13-22)20(25)16-6-8-17(9-7-16)21-10-1-2-11-21/h1-2,6-11,18-19,24H,3-5,12-15H2/t18-,19+/m1/s1. The molecule has 1 amide bonds. The van der Waals surface area contributed by atoms with E-state index in [0.717, 1.165) is 56.7 Å². The number of hydrogen-bond donors (Lipinski definition) is 1. The zero-order valence-corrected chi connectivity index (χ0v) is 14.4. The van der Waals surface area contributed by atoms with Crippen molar-refractivity contribution in [1.29, 1.82) is 0 Å². The minimum atomic E-state index is -0.191. The molecule has 132 valence electrons. The van der Waals surface area contributed by atoms with Gasteiger partial charge in [0, 0.05) is 55.9 Å². The molecule has 1 N–H and O–H groups in total. The molecular weight excluding hydrogens is 314 g/mol. The fourth-order valence-corrected chi connectivity index (χ4v) is 4.07. The molecule has 0 unspecified atom stereocenters. The number of aliphatic hydroxyl groups excluding tert-OH is 1. The third-order valence-electron chi connectivity index (χ3n) is 5.53. The van der Waals surface area contributed by atoms with Crippen molar-refractivity contribution >= 4 is 5.91 Å². The normalized spacial score (nSPS) is 24.6. The maximum atomic E-state index is 12.7. The minimum absolute atomic E-state index is 0.102. The van der Waals surface area contributed by atoms with Gasteiger partial charge in [0.1, 0.15) is 0 Å². The van der Waals surface area contributed by atoms with Gasteiger partial charge in [-0.15, -0.1) is 0 Å². The molecule has 1 saturated heterocycles. The van der Waals surface area contributed by atoms with Crippen molar-refractivity contribution in [3.63, 3.8) is 0 Å². The number of carbonyl (C=O) groups excluding carboxylic acids is 1. The van der Waals surface area contributed by atoms with Crippen molar-refractivity contribution in [1.82, 2.24) is 14.4 Å². The molecule has 2 heterocycles. The molecule has 0 bridgehead atoms. The van der Waals surface area contributed by atoms with E-state index in [1.54, 1.807) is 0 Å². The molecule has 0 radical (unpaired) electrons. The number of nitrogens with zero attached hydrogens (tertiary/aromatic N) is 3. The van der Waals surface area contributed by atoms with Gasteiger partial charge in [0.15, 0.2) is 0 Å². The SMILES string of the molecule is O=C(c1ccc(-n2cccc2)cc1)N1CCN([C@@H]2CCC[C@@H]2O)CC1. The van der Waals surface area contributed by atoms with E-state index >= 15 is 0 Å². The molecule has 5 nitrogen and oxygen atoms in total. The van der Waals surface area contributed by atoms with Gasteiger partial charge in [-0.3, -0.25) is 9.69 Å². The Bertz CT molecular complexity index is 703. The van der Waals surface area contributed by atoms with Gasteiger partial charge in [-0.2, -0.15) is 0 Å². The van der Waals surface area contributed by atoms with Crippen molar-refractivity contribution in [2.75, 3.05) is 26.2 Å². The Kier molecular flexibility index (Phi) is 4.59. The molecule has 2 aliphatic rings. The van der Waals surface area contributed by atoms with Crippen LogP contribution >= 0.6 is 0 Å². The Labute approximate surface area is 148 Å². The third kappa shape index (κ3) is 3.34. The fraction of sp³-hybridized carbons (Fsp3) is 0.450. The second-order valence-corrected chi connectivity index (χ2v) is 7.03. The van der Waals surface area contributed by atoms with Gasteiger partial charge in [0.05, 0.1) is 6.10 Å². The maximum Gasteiger partial charge on any atom is 0.253 e. The van der Waals surface area contributed by atoms with Gasteiger partial charge < -0.3 is 14.6 Å². The molecule has 5 heteroatoms. The van der Waals surface area contributed by atoms with Crippen molar-refractivity contribution in [3.8, 4) is 5.69 Å². The fourth-order valence-electron chi connectivity index (χ4n) is 4.07. The van der Waals surface area contributed by atoms with Crippen LogP contribution in [0.25, 0.3) is 5.69 Å². The van der Waals surface area contributed by atoms with E-state index in [0.29, 0.717) is 0 Å². The van der Waals surface area contributed by atoms with Crippen LogP contribution in [-0.2, 0) is 0 Å². The molecule has 1 aliphatic heterocycles. The van der Waals surface area contributed by atoms with Gasteiger partial charge in [-0.1, -0.05) is 0 Å². The number of aliphatic hydroxyl groups is 1. The molecular formula is C20H25N3O2. The van der Waals surface area contributed by atoms with E-state index < -0.39 is 0 Å². The molecule has 1 aromatic heterocycles. The first kappa shape index (κ1) is 16.4. The predicted molar refractivity (Wildman–Crippen MR) is 96.9 cm³/mol.